The van der Waals surface area contributed by atoms with Crippen LogP contribution in [0.4, 0.5) is 10.7 Å². The molecule has 1 N–H and O–H groups in total. The fourth-order valence-electron chi connectivity index (χ4n) is 2.34. The molecule has 0 saturated carbocycles. The molecular formula is C12H16N2O4S. The van der Waals surface area contributed by atoms with E-state index in [4.69, 9.17) is 5.11 Å². The topological polar surface area (TPSA) is 83.7 Å². The van der Waals surface area contributed by atoms with Crippen molar-refractivity contribution in [1.29, 1.82) is 0 Å². The van der Waals surface area contributed by atoms with Crippen LogP contribution >= 0.6 is 11.3 Å². The summed E-state index contributed by atoms with van der Waals surface area (Å²) in [6, 6.07) is 1.36. The molecule has 0 amide bonds. The second-order valence-corrected chi connectivity index (χ2v) is 5.76. The maximum Gasteiger partial charge on any atom is 0.304 e. The molecule has 0 spiro atoms. The van der Waals surface area contributed by atoms with Crippen LogP contribution in [0, 0.1) is 16.0 Å². The first-order valence-corrected chi connectivity index (χ1v) is 6.99. The average Bonchev–Trinajstić information content (AvgIpc) is 2.94. The number of aliphatic hydroxyl groups excluding tert-OH is 1. The van der Waals surface area contributed by atoms with Crippen molar-refractivity contribution >= 4 is 27.8 Å². The van der Waals surface area contributed by atoms with E-state index in [1.54, 1.807) is 0 Å². The van der Waals surface area contributed by atoms with E-state index in [0.717, 1.165) is 19.4 Å². The number of ketones is 1. The highest BCUT2D eigenvalue weighted by Crippen LogP contribution is 2.40. The summed E-state index contributed by atoms with van der Waals surface area (Å²) in [4.78, 5) is 24.4. The summed E-state index contributed by atoms with van der Waals surface area (Å²) in [5.41, 5.74) is 0.0137. The van der Waals surface area contributed by atoms with Gasteiger partial charge in [0, 0.05) is 25.8 Å². The SMILES string of the molecule is CC(=O)c1cc([N+](=O)[O-])c(N2CCC(CCO)C2)s1. The summed E-state index contributed by atoms with van der Waals surface area (Å²) in [5.74, 6) is 0.220. The van der Waals surface area contributed by atoms with Gasteiger partial charge in [0.2, 0.25) is 0 Å². The number of nitro groups is 1. The van der Waals surface area contributed by atoms with Crippen molar-refractivity contribution in [2.75, 3.05) is 24.6 Å². The number of thiophene rings is 1. The number of rotatable bonds is 5. The zero-order valence-electron chi connectivity index (χ0n) is 10.7. The molecule has 1 aliphatic rings. The van der Waals surface area contributed by atoms with E-state index < -0.39 is 4.92 Å². The Bertz CT molecular complexity index is 500. The Balaban J connectivity index is 2.24. The quantitative estimate of drug-likeness (QED) is 0.508. The van der Waals surface area contributed by atoms with Crippen LogP contribution < -0.4 is 4.90 Å². The molecular weight excluding hydrogens is 268 g/mol. The number of anilines is 1. The van der Waals surface area contributed by atoms with Gasteiger partial charge in [-0.15, -0.1) is 11.3 Å². The van der Waals surface area contributed by atoms with Gasteiger partial charge in [0.05, 0.1) is 9.80 Å². The minimum atomic E-state index is -0.433. The monoisotopic (exact) mass is 284 g/mol. The molecule has 2 rings (SSSR count). The predicted octanol–water partition coefficient (Wildman–Crippen LogP) is 2.07. The lowest BCUT2D eigenvalue weighted by molar-refractivity contribution is -0.383. The third-order valence-electron chi connectivity index (χ3n) is 3.35. The first-order valence-electron chi connectivity index (χ1n) is 6.18. The average molecular weight is 284 g/mol. The summed E-state index contributed by atoms with van der Waals surface area (Å²) in [6.07, 6.45) is 1.64. The van der Waals surface area contributed by atoms with Crippen molar-refractivity contribution in [3.63, 3.8) is 0 Å². The van der Waals surface area contributed by atoms with E-state index in [1.165, 1.54) is 24.3 Å². The van der Waals surface area contributed by atoms with Gasteiger partial charge in [0.1, 0.15) is 0 Å². The van der Waals surface area contributed by atoms with E-state index in [1.807, 2.05) is 4.90 Å². The minimum absolute atomic E-state index is 0.0137. The smallest absolute Gasteiger partial charge is 0.304 e. The highest BCUT2D eigenvalue weighted by Gasteiger charge is 2.30. The molecule has 1 saturated heterocycles. The van der Waals surface area contributed by atoms with Gasteiger partial charge in [-0.2, -0.15) is 0 Å². The van der Waals surface area contributed by atoms with Crippen LogP contribution in [0.25, 0.3) is 0 Å². The van der Waals surface area contributed by atoms with E-state index >= 15 is 0 Å². The summed E-state index contributed by atoms with van der Waals surface area (Å²) in [7, 11) is 0. The molecule has 6 nitrogen and oxygen atoms in total. The molecule has 104 valence electrons. The molecule has 0 aliphatic carbocycles. The minimum Gasteiger partial charge on any atom is -0.396 e. The Morgan fingerprint density at radius 1 is 1.68 bits per heavy atom. The predicted molar refractivity (Wildman–Crippen MR) is 73.0 cm³/mol. The third kappa shape index (κ3) is 2.93. The zero-order chi connectivity index (χ0) is 14.0. The summed E-state index contributed by atoms with van der Waals surface area (Å²) in [6.45, 7) is 3.00. The van der Waals surface area contributed by atoms with Crippen molar-refractivity contribution in [3.8, 4) is 0 Å². The van der Waals surface area contributed by atoms with E-state index in [0.29, 0.717) is 22.3 Å². The van der Waals surface area contributed by atoms with Gasteiger partial charge in [-0.1, -0.05) is 0 Å². The fraction of sp³-hybridized carbons (Fsp3) is 0.583. The molecule has 1 aliphatic heterocycles. The molecule has 1 unspecified atom stereocenters. The first-order chi connectivity index (χ1) is 9.02. The van der Waals surface area contributed by atoms with Crippen molar-refractivity contribution in [1.82, 2.24) is 0 Å². The lowest BCUT2D eigenvalue weighted by Gasteiger charge is -2.15. The summed E-state index contributed by atoms with van der Waals surface area (Å²) in [5, 5.41) is 20.6. The normalized spacial score (nSPS) is 18.8. The van der Waals surface area contributed by atoms with Crippen LogP contribution in [0.15, 0.2) is 6.07 Å². The van der Waals surface area contributed by atoms with Gasteiger partial charge < -0.3 is 10.0 Å². The Morgan fingerprint density at radius 3 is 3.00 bits per heavy atom. The van der Waals surface area contributed by atoms with Gasteiger partial charge in [-0.3, -0.25) is 14.9 Å². The summed E-state index contributed by atoms with van der Waals surface area (Å²) >= 11 is 1.19. The number of nitrogens with zero attached hydrogens (tertiary/aromatic N) is 2. The number of aliphatic hydroxyl groups is 1. The van der Waals surface area contributed by atoms with Crippen LogP contribution in [-0.2, 0) is 0 Å². The molecule has 0 bridgehead atoms. The van der Waals surface area contributed by atoms with E-state index in [9.17, 15) is 14.9 Å². The van der Waals surface area contributed by atoms with Gasteiger partial charge in [-0.05, 0) is 25.7 Å². The molecule has 19 heavy (non-hydrogen) atoms. The molecule has 1 aromatic rings. The largest absolute Gasteiger partial charge is 0.396 e. The van der Waals surface area contributed by atoms with Gasteiger partial charge in [0.25, 0.3) is 0 Å². The van der Waals surface area contributed by atoms with E-state index in [-0.39, 0.29) is 18.1 Å². The van der Waals surface area contributed by atoms with Crippen LogP contribution in [0.2, 0.25) is 0 Å². The molecule has 1 atom stereocenters. The molecule has 0 radical (unpaired) electrons. The highest BCUT2D eigenvalue weighted by atomic mass is 32.1. The second kappa shape index (κ2) is 5.66. The Kier molecular flexibility index (Phi) is 4.16. The van der Waals surface area contributed by atoms with Crippen molar-refractivity contribution in [2.45, 2.75) is 19.8 Å². The Morgan fingerprint density at radius 2 is 2.42 bits per heavy atom. The number of hydrogen-bond acceptors (Lipinski definition) is 6. The maximum atomic E-state index is 11.4. The van der Waals surface area contributed by atoms with Gasteiger partial charge in [0.15, 0.2) is 10.8 Å². The van der Waals surface area contributed by atoms with Crippen LogP contribution in [0.5, 0.6) is 0 Å². The first kappa shape index (κ1) is 14.0. The molecule has 7 heteroatoms. The highest BCUT2D eigenvalue weighted by molar-refractivity contribution is 7.18. The third-order valence-corrected chi connectivity index (χ3v) is 4.63. The zero-order valence-corrected chi connectivity index (χ0v) is 11.5. The van der Waals surface area contributed by atoms with E-state index in [2.05, 4.69) is 0 Å². The Hall–Kier alpha value is -1.47. The number of hydrogen-bond donors (Lipinski definition) is 1. The van der Waals surface area contributed by atoms with Gasteiger partial charge in [-0.25, -0.2) is 0 Å². The van der Waals surface area contributed by atoms with Crippen molar-refractivity contribution in [2.24, 2.45) is 5.92 Å². The lowest BCUT2D eigenvalue weighted by Crippen LogP contribution is -2.19. The Labute approximate surface area is 114 Å². The maximum absolute atomic E-state index is 11.4. The van der Waals surface area contributed by atoms with Crippen LogP contribution in [0.1, 0.15) is 29.4 Å². The molecule has 0 aromatic carbocycles. The standard InChI is InChI=1S/C12H16N2O4S/c1-8(16)11-6-10(14(17)18)12(19-11)13-4-2-9(7-13)3-5-15/h6,9,15H,2-5,7H2,1H3. The summed E-state index contributed by atoms with van der Waals surface area (Å²) < 4.78 is 0. The lowest BCUT2D eigenvalue weighted by atomic mass is 10.1. The molecule has 1 fully saturated rings. The van der Waals surface area contributed by atoms with Crippen LogP contribution in [0.3, 0.4) is 0 Å². The van der Waals surface area contributed by atoms with Crippen LogP contribution in [-0.4, -0.2) is 35.5 Å². The van der Waals surface area contributed by atoms with Crippen molar-refractivity contribution in [3.05, 3.63) is 21.1 Å². The van der Waals surface area contributed by atoms with Gasteiger partial charge >= 0.3 is 5.69 Å². The fourth-order valence-corrected chi connectivity index (χ4v) is 3.39. The number of carbonyl (C=O) groups excluding carboxylic acids is 1. The number of carbonyl (C=O) groups is 1. The molecule has 2 heterocycles. The number of Topliss-reactive ketones (excluding diaryl/α,β-unsaturated/α-hetero) is 1. The second-order valence-electron chi connectivity index (χ2n) is 4.73. The van der Waals surface area contributed by atoms with Crippen molar-refractivity contribution < 1.29 is 14.8 Å². The molecule has 1 aromatic heterocycles.